The van der Waals surface area contributed by atoms with Crippen LogP contribution in [0.5, 0.6) is 0 Å². The highest BCUT2D eigenvalue weighted by molar-refractivity contribution is 5.92. The smallest absolute Gasteiger partial charge is 0.131 e. The van der Waals surface area contributed by atoms with Crippen molar-refractivity contribution in [1.82, 2.24) is 9.88 Å². The minimum absolute atomic E-state index is 0.179. The SMILES string of the molecule is Cc1cccc(F)c1-c1cc(C2CCN(C)CC2)c2cc(N)ncc2c1. The average molecular weight is 349 g/mol. The molecule has 4 rings (SSSR count). The van der Waals surface area contributed by atoms with Crippen LogP contribution < -0.4 is 5.73 Å². The number of nitrogen functional groups attached to an aromatic ring is 1. The van der Waals surface area contributed by atoms with Gasteiger partial charge in [0.1, 0.15) is 11.6 Å². The summed E-state index contributed by atoms with van der Waals surface area (Å²) >= 11 is 0. The van der Waals surface area contributed by atoms with E-state index in [1.165, 1.54) is 11.6 Å². The summed E-state index contributed by atoms with van der Waals surface area (Å²) < 4.78 is 14.6. The third-order valence-corrected chi connectivity index (χ3v) is 5.56. The molecule has 0 spiro atoms. The van der Waals surface area contributed by atoms with Gasteiger partial charge in [-0.15, -0.1) is 0 Å². The highest BCUT2D eigenvalue weighted by Crippen LogP contribution is 2.38. The summed E-state index contributed by atoms with van der Waals surface area (Å²) in [5, 5.41) is 2.16. The average Bonchev–Trinajstić information content (AvgIpc) is 2.62. The first-order chi connectivity index (χ1) is 12.5. The lowest BCUT2D eigenvalue weighted by Gasteiger charge is -2.30. The second kappa shape index (κ2) is 6.69. The number of halogens is 1. The summed E-state index contributed by atoms with van der Waals surface area (Å²) in [7, 11) is 2.16. The largest absolute Gasteiger partial charge is 0.384 e. The number of fused-ring (bicyclic) bond motifs is 1. The van der Waals surface area contributed by atoms with Gasteiger partial charge in [0.15, 0.2) is 0 Å². The molecule has 0 radical (unpaired) electrons. The van der Waals surface area contributed by atoms with Gasteiger partial charge < -0.3 is 10.6 Å². The molecule has 1 aliphatic rings. The van der Waals surface area contributed by atoms with Gasteiger partial charge >= 0.3 is 0 Å². The van der Waals surface area contributed by atoms with Crippen molar-refractivity contribution in [3.63, 3.8) is 0 Å². The highest BCUT2D eigenvalue weighted by Gasteiger charge is 2.22. The number of aryl methyl sites for hydroxylation is 1. The Bertz CT molecular complexity index is 939. The molecular formula is C22H24FN3. The van der Waals surface area contributed by atoms with Crippen LogP contribution in [0.15, 0.2) is 42.6 Å². The Morgan fingerprint density at radius 1 is 1.15 bits per heavy atom. The quantitative estimate of drug-likeness (QED) is 0.726. The number of aromatic nitrogens is 1. The van der Waals surface area contributed by atoms with E-state index in [1.807, 2.05) is 31.3 Å². The van der Waals surface area contributed by atoms with Gasteiger partial charge in [0.25, 0.3) is 0 Å². The molecule has 0 atom stereocenters. The number of hydrogen-bond acceptors (Lipinski definition) is 3. The van der Waals surface area contributed by atoms with Crippen molar-refractivity contribution < 1.29 is 4.39 Å². The van der Waals surface area contributed by atoms with E-state index >= 15 is 0 Å². The van der Waals surface area contributed by atoms with E-state index < -0.39 is 0 Å². The lowest BCUT2D eigenvalue weighted by molar-refractivity contribution is 0.256. The molecule has 1 aliphatic heterocycles. The van der Waals surface area contributed by atoms with Crippen molar-refractivity contribution >= 4 is 16.6 Å². The number of nitrogens with two attached hydrogens (primary N) is 1. The maximum atomic E-state index is 14.6. The number of rotatable bonds is 2. The van der Waals surface area contributed by atoms with Crippen LogP contribution in [0.1, 0.15) is 29.9 Å². The Kier molecular flexibility index (Phi) is 4.37. The molecule has 1 fully saturated rings. The maximum absolute atomic E-state index is 14.6. The van der Waals surface area contributed by atoms with Crippen molar-refractivity contribution in [2.75, 3.05) is 25.9 Å². The van der Waals surface area contributed by atoms with Crippen LogP contribution in [0.3, 0.4) is 0 Å². The third kappa shape index (κ3) is 3.06. The molecule has 4 heteroatoms. The van der Waals surface area contributed by atoms with Gasteiger partial charge in [-0.25, -0.2) is 9.37 Å². The maximum Gasteiger partial charge on any atom is 0.131 e. The second-order valence-corrected chi connectivity index (χ2v) is 7.41. The molecule has 0 amide bonds. The van der Waals surface area contributed by atoms with Crippen LogP contribution >= 0.6 is 0 Å². The van der Waals surface area contributed by atoms with Crippen molar-refractivity contribution in [3.8, 4) is 11.1 Å². The summed E-state index contributed by atoms with van der Waals surface area (Å²) in [6.45, 7) is 4.12. The van der Waals surface area contributed by atoms with E-state index in [4.69, 9.17) is 5.73 Å². The molecule has 0 bridgehead atoms. The van der Waals surface area contributed by atoms with Gasteiger partial charge in [-0.05, 0) is 86.1 Å². The molecule has 0 saturated carbocycles. The Balaban J connectivity index is 1.92. The molecule has 2 heterocycles. The lowest BCUT2D eigenvalue weighted by atomic mass is 9.84. The molecule has 3 aromatic rings. The Labute approximate surface area is 153 Å². The second-order valence-electron chi connectivity index (χ2n) is 7.41. The van der Waals surface area contributed by atoms with Crippen LogP contribution in [0, 0.1) is 12.7 Å². The monoisotopic (exact) mass is 349 g/mol. The first-order valence-corrected chi connectivity index (χ1v) is 9.16. The van der Waals surface area contributed by atoms with Crippen LogP contribution in [0.2, 0.25) is 0 Å². The van der Waals surface area contributed by atoms with E-state index in [1.54, 1.807) is 6.07 Å². The predicted molar refractivity (Wildman–Crippen MR) is 106 cm³/mol. The zero-order valence-electron chi connectivity index (χ0n) is 15.3. The molecule has 134 valence electrons. The molecule has 0 unspecified atom stereocenters. The third-order valence-electron chi connectivity index (χ3n) is 5.56. The molecule has 3 nitrogen and oxygen atoms in total. The zero-order chi connectivity index (χ0) is 18.3. The van der Waals surface area contributed by atoms with Gasteiger partial charge in [0, 0.05) is 17.1 Å². The predicted octanol–water partition coefficient (Wildman–Crippen LogP) is 4.74. The summed E-state index contributed by atoms with van der Waals surface area (Å²) in [4.78, 5) is 6.62. The number of benzene rings is 2. The van der Waals surface area contributed by atoms with Crippen LogP contribution in [0.25, 0.3) is 21.9 Å². The normalized spacial score (nSPS) is 16.3. The van der Waals surface area contributed by atoms with E-state index in [2.05, 4.69) is 23.0 Å². The lowest BCUT2D eigenvalue weighted by Crippen LogP contribution is -2.29. The number of likely N-dealkylation sites (tertiary alicyclic amines) is 1. The zero-order valence-corrected chi connectivity index (χ0v) is 15.3. The number of hydrogen-bond donors (Lipinski definition) is 1. The molecule has 2 aromatic carbocycles. The Hall–Kier alpha value is -2.46. The standard InChI is InChI=1S/C22H24FN3/c1-14-4-3-5-20(23)22(14)16-10-17-13-25-21(24)12-19(17)18(11-16)15-6-8-26(2)9-7-15/h3-5,10-13,15H,6-9H2,1-2H3,(H2,24,25). The summed E-state index contributed by atoms with van der Waals surface area (Å²) in [6.07, 6.45) is 4.02. The minimum Gasteiger partial charge on any atom is -0.384 e. The van der Waals surface area contributed by atoms with Gasteiger partial charge in [0.05, 0.1) is 0 Å². The molecule has 0 aliphatic carbocycles. The van der Waals surface area contributed by atoms with E-state index in [0.717, 1.165) is 47.8 Å². The van der Waals surface area contributed by atoms with Gasteiger partial charge in [0.2, 0.25) is 0 Å². The molecule has 1 saturated heterocycles. The van der Waals surface area contributed by atoms with Crippen LogP contribution in [-0.2, 0) is 0 Å². The number of anilines is 1. The van der Waals surface area contributed by atoms with E-state index in [9.17, 15) is 4.39 Å². The topological polar surface area (TPSA) is 42.1 Å². The summed E-state index contributed by atoms with van der Waals surface area (Å²) in [5.74, 6) is 0.811. The fraction of sp³-hybridized carbons (Fsp3) is 0.318. The molecule has 2 N–H and O–H groups in total. The van der Waals surface area contributed by atoms with Crippen molar-refractivity contribution in [2.45, 2.75) is 25.7 Å². The van der Waals surface area contributed by atoms with Gasteiger partial charge in [-0.2, -0.15) is 0 Å². The summed E-state index contributed by atoms with van der Waals surface area (Å²) in [6, 6.07) is 11.4. The minimum atomic E-state index is -0.179. The number of piperidine rings is 1. The Morgan fingerprint density at radius 2 is 1.92 bits per heavy atom. The fourth-order valence-corrected chi connectivity index (χ4v) is 4.10. The number of nitrogens with zero attached hydrogens (tertiary/aromatic N) is 2. The first kappa shape index (κ1) is 17.0. The van der Waals surface area contributed by atoms with Crippen LogP contribution in [-0.4, -0.2) is 30.0 Å². The highest BCUT2D eigenvalue weighted by atomic mass is 19.1. The Morgan fingerprint density at radius 3 is 2.65 bits per heavy atom. The van der Waals surface area contributed by atoms with Crippen molar-refractivity contribution in [3.05, 3.63) is 59.5 Å². The van der Waals surface area contributed by atoms with Crippen molar-refractivity contribution in [2.24, 2.45) is 0 Å². The van der Waals surface area contributed by atoms with E-state index in [0.29, 0.717) is 17.3 Å². The van der Waals surface area contributed by atoms with Gasteiger partial charge in [-0.3, -0.25) is 0 Å². The fourth-order valence-electron chi connectivity index (χ4n) is 4.10. The molecular weight excluding hydrogens is 325 g/mol. The van der Waals surface area contributed by atoms with Gasteiger partial charge in [-0.1, -0.05) is 18.2 Å². The first-order valence-electron chi connectivity index (χ1n) is 9.16. The van der Waals surface area contributed by atoms with E-state index in [-0.39, 0.29) is 5.82 Å². The molecule has 1 aromatic heterocycles. The van der Waals surface area contributed by atoms with Crippen molar-refractivity contribution in [1.29, 1.82) is 0 Å². The molecule has 26 heavy (non-hydrogen) atoms. The number of pyridine rings is 1. The summed E-state index contributed by atoms with van der Waals surface area (Å²) in [5.41, 5.74) is 9.78. The van der Waals surface area contributed by atoms with Crippen LogP contribution in [0.4, 0.5) is 10.2 Å².